The smallest absolute Gasteiger partial charge is 0.265 e. The fraction of sp³-hybridized carbons (Fsp3) is 0.381. The largest absolute Gasteiger partial charge is 0.306 e. The lowest BCUT2D eigenvalue weighted by Crippen LogP contribution is -2.55. The number of hydrazine groups is 1. The van der Waals surface area contributed by atoms with Gasteiger partial charge in [-0.3, -0.25) is 10.2 Å². The van der Waals surface area contributed by atoms with Crippen LogP contribution in [0.4, 0.5) is 0 Å². The molecule has 1 unspecified atom stereocenters. The van der Waals surface area contributed by atoms with Crippen molar-refractivity contribution in [1.29, 1.82) is 0 Å². The molecule has 2 aromatic rings. The standard InChI is InChI=1S/C21H27N3O/c1-16(17-10-4-2-5-11-17)22-19-14-8-9-15-20(19)23-24-21(25)18-12-6-3-7-13-18/h2-7,10-13,16,19-20,22-23H,8-9,14-15H2,1H3,(H,24,25)/t16?,19-,20+/m0/s1. The minimum atomic E-state index is -0.0824. The van der Waals surface area contributed by atoms with Crippen LogP contribution in [0, 0.1) is 0 Å². The molecular weight excluding hydrogens is 310 g/mol. The van der Waals surface area contributed by atoms with Gasteiger partial charge in [0.05, 0.1) is 0 Å². The van der Waals surface area contributed by atoms with E-state index in [9.17, 15) is 4.79 Å². The molecule has 1 aliphatic carbocycles. The van der Waals surface area contributed by atoms with Gasteiger partial charge in [0.2, 0.25) is 0 Å². The minimum absolute atomic E-state index is 0.0824. The highest BCUT2D eigenvalue weighted by Gasteiger charge is 2.26. The number of hydrogen-bond acceptors (Lipinski definition) is 3. The second-order valence-electron chi connectivity index (χ2n) is 6.76. The van der Waals surface area contributed by atoms with Crippen LogP contribution in [0.15, 0.2) is 60.7 Å². The highest BCUT2D eigenvalue weighted by molar-refractivity contribution is 5.93. The van der Waals surface area contributed by atoms with Gasteiger partial charge >= 0.3 is 0 Å². The summed E-state index contributed by atoms with van der Waals surface area (Å²) in [6, 6.07) is 20.7. The molecule has 1 fully saturated rings. The lowest BCUT2D eigenvalue weighted by Gasteiger charge is -2.35. The Morgan fingerprint density at radius 3 is 2.20 bits per heavy atom. The topological polar surface area (TPSA) is 53.2 Å². The van der Waals surface area contributed by atoms with Crippen molar-refractivity contribution in [2.75, 3.05) is 0 Å². The van der Waals surface area contributed by atoms with E-state index in [-0.39, 0.29) is 11.9 Å². The summed E-state index contributed by atoms with van der Waals surface area (Å²) in [6.45, 7) is 2.20. The highest BCUT2D eigenvalue weighted by Crippen LogP contribution is 2.22. The second kappa shape index (κ2) is 8.79. The summed E-state index contributed by atoms with van der Waals surface area (Å²) in [5.74, 6) is -0.0824. The van der Waals surface area contributed by atoms with Crippen molar-refractivity contribution < 1.29 is 4.79 Å². The van der Waals surface area contributed by atoms with E-state index in [0.29, 0.717) is 17.6 Å². The van der Waals surface area contributed by atoms with E-state index in [4.69, 9.17) is 0 Å². The summed E-state index contributed by atoms with van der Waals surface area (Å²) in [4.78, 5) is 12.2. The van der Waals surface area contributed by atoms with E-state index in [2.05, 4.69) is 47.4 Å². The molecule has 132 valence electrons. The van der Waals surface area contributed by atoms with Crippen molar-refractivity contribution in [3.8, 4) is 0 Å². The van der Waals surface area contributed by atoms with Crippen molar-refractivity contribution in [2.24, 2.45) is 0 Å². The Morgan fingerprint density at radius 1 is 0.920 bits per heavy atom. The first kappa shape index (κ1) is 17.6. The Kier molecular flexibility index (Phi) is 6.20. The Bertz CT molecular complexity index is 659. The van der Waals surface area contributed by atoms with Gasteiger partial charge in [-0.05, 0) is 37.5 Å². The van der Waals surface area contributed by atoms with E-state index < -0.39 is 0 Å². The molecule has 0 aromatic heterocycles. The first-order valence-electron chi connectivity index (χ1n) is 9.16. The molecule has 1 amide bonds. The summed E-state index contributed by atoms with van der Waals surface area (Å²) < 4.78 is 0. The third kappa shape index (κ3) is 4.91. The SMILES string of the molecule is CC(N[C@H]1CCCC[C@H]1NNC(=O)c1ccccc1)c1ccccc1. The molecule has 1 aliphatic rings. The molecule has 3 atom stereocenters. The summed E-state index contributed by atoms with van der Waals surface area (Å²) >= 11 is 0. The van der Waals surface area contributed by atoms with Gasteiger partial charge in [0.15, 0.2) is 0 Å². The Labute approximate surface area is 150 Å². The van der Waals surface area contributed by atoms with Crippen LogP contribution >= 0.6 is 0 Å². The molecule has 3 rings (SSSR count). The molecule has 0 heterocycles. The molecule has 0 spiro atoms. The van der Waals surface area contributed by atoms with Crippen LogP contribution < -0.4 is 16.2 Å². The third-order valence-electron chi connectivity index (χ3n) is 4.94. The minimum Gasteiger partial charge on any atom is -0.306 e. The predicted octanol–water partition coefficient (Wildman–Crippen LogP) is 3.58. The number of benzene rings is 2. The van der Waals surface area contributed by atoms with Gasteiger partial charge in [-0.25, -0.2) is 5.43 Å². The maximum Gasteiger partial charge on any atom is 0.265 e. The first-order chi connectivity index (χ1) is 12.2. The van der Waals surface area contributed by atoms with Gasteiger partial charge in [0, 0.05) is 23.7 Å². The van der Waals surface area contributed by atoms with Crippen LogP contribution in [0.2, 0.25) is 0 Å². The van der Waals surface area contributed by atoms with Gasteiger partial charge in [-0.2, -0.15) is 0 Å². The van der Waals surface area contributed by atoms with Crippen LogP contribution in [-0.4, -0.2) is 18.0 Å². The molecule has 4 nitrogen and oxygen atoms in total. The van der Waals surface area contributed by atoms with Crippen molar-refractivity contribution in [3.05, 3.63) is 71.8 Å². The normalized spacial score (nSPS) is 21.5. The first-order valence-corrected chi connectivity index (χ1v) is 9.16. The Hall–Kier alpha value is -2.17. The molecule has 3 N–H and O–H groups in total. The van der Waals surface area contributed by atoms with E-state index in [1.165, 1.54) is 18.4 Å². The van der Waals surface area contributed by atoms with Gasteiger partial charge in [0.25, 0.3) is 5.91 Å². The van der Waals surface area contributed by atoms with Crippen molar-refractivity contribution in [2.45, 2.75) is 50.7 Å². The van der Waals surface area contributed by atoms with Crippen molar-refractivity contribution in [1.82, 2.24) is 16.2 Å². The number of rotatable bonds is 6. The average molecular weight is 337 g/mol. The average Bonchev–Trinajstić information content (AvgIpc) is 2.68. The Balaban J connectivity index is 1.56. The maximum absolute atomic E-state index is 12.2. The Morgan fingerprint density at radius 2 is 1.52 bits per heavy atom. The maximum atomic E-state index is 12.2. The predicted molar refractivity (Wildman–Crippen MR) is 101 cm³/mol. The van der Waals surface area contributed by atoms with Gasteiger partial charge in [-0.15, -0.1) is 0 Å². The molecule has 2 aromatic carbocycles. The van der Waals surface area contributed by atoms with Crippen LogP contribution in [0.1, 0.15) is 54.6 Å². The van der Waals surface area contributed by atoms with E-state index in [0.717, 1.165) is 12.8 Å². The van der Waals surface area contributed by atoms with Crippen LogP contribution in [-0.2, 0) is 0 Å². The second-order valence-corrected chi connectivity index (χ2v) is 6.76. The molecule has 1 saturated carbocycles. The lowest BCUT2D eigenvalue weighted by atomic mass is 9.89. The molecule has 0 aliphatic heterocycles. The van der Waals surface area contributed by atoms with Crippen molar-refractivity contribution >= 4 is 5.91 Å². The highest BCUT2D eigenvalue weighted by atomic mass is 16.2. The third-order valence-corrected chi connectivity index (χ3v) is 4.94. The molecule has 0 radical (unpaired) electrons. The zero-order valence-corrected chi connectivity index (χ0v) is 14.7. The van der Waals surface area contributed by atoms with Crippen LogP contribution in [0.3, 0.4) is 0 Å². The number of carbonyl (C=O) groups excluding carboxylic acids is 1. The zero-order chi connectivity index (χ0) is 17.5. The van der Waals surface area contributed by atoms with Gasteiger partial charge < -0.3 is 5.32 Å². The van der Waals surface area contributed by atoms with Crippen LogP contribution in [0.25, 0.3) is 0 Å². The lowest BCUT2D eigenvalue weighted by molar-refractivity contribution is 0.0912. The molecule has 4 heteroatoms. The number of nitrogens with one attached hydrogen (secondary N) is 3. The molecule has 25 heavy (non-hydrogen) atoms. The summed E-state index contributed by atoms with van der Waals surface area (Å²) in [7, 11) is 0. The summed E-state index contributed by atoms with van der Waals surface area (Å²) in [6.07, 6.45) is 4.60. The fourth-order valence-corrected chi connectivity index (χ4v) is 3.48. The number of amides is 1. The van der Waals surface area contributed by atoms with Crippen LogP contribution in [0.5, 0.6) is 0 Å². The monoisotopic (exact) mass is 337 g/mol. The fourth-order valence-electron chi connectivity index (χ4n) is 3.48. The molecule has 0 bridgehead atoms. The summed E-state index contributed by atoms with van der Waals surface area (Å²) in [5, 5.41) is 3.73. The van der Waals surface area contributed by atoms with E-state index >= 15 is 0 Å². The molecule has 0 saturated heterocycles. The van der Waals surface area contributed by atoms with E-state index in [1.54, 1.807) is 0 Å². The zero-order valence-electron chi connectivity index (χ0n) is 14.7. The van der Waals surface area contributed by atoms with Gasteiger partial charge in [-0.1, -0.05) is 61.4 Å². The molecular formula is C21H27N3O. The summed E-state index contributed by atoms with van der Waals surface area (Å²) in [5.41, 5.74) is 8.11. The van der Waals surface area contributed by atoms with Gasteiger partial charge in [0.1, 0.15) is 0 Å². The van der Waals surface area contributed by atoms with Crippen molar-refractivity contribution in [3.63, 3.8) is 0 Å². The number of carbonyl (C=O) groups is 1. The number of hydrogen-bond donors (Lipinski definition) is 3. The quantitative estimate of drug-likeness (QED) is 0.706. The van der Waals surface area contributed by atoms with E-state index in [1.807, 2.05) is 36.4 Å².